The van der Waals surface area contributed by atoms with Gasteiger partial charge in [-0.25, -0.2) is 8.42 Å². The quantitative estimate of drug-likeness (QED) is 0.736. The maximum atomic E-state index is 11.8. The van der Waals surface area contributed by atoms with E-state index >= 15 is 0 Å². The van der Waals surface area contributed by atoms with Gasteiger partial charge in [-0.15, -0.1) is 10.2 Å². The van der Waals surface area contributed by atoms with Crippen LogP contribution in [0.3, 0.4) is 0 Å². The first kappa shape index (κ1) is 12.0. The molecule has 0 amide bonds. The Balaban J connectivity index is 2.07. The summed E-state index contributed by atoms with van der Waals surface area (Å²) in [7, 11) is -3.53. The lowest BCUT2D eigenvalue weighted by Gasteiger charge is -2.25. The van der Waals surface area contributed by atoms with Crippen molar-refractivity contribution in [2.45, 2.75) is 19.5 Å². The van der Waals surface area contributed by atoms with Crippen LogP contribution < -0.4 is 0 Å². The van der Waals surface area contributed by atoms with Gasteiger partial charge in [-0.3, -0.25) is 4.79 Å². The number of rotatable bonds is 4. The monoisotopic (exact) mass is 260 g/mol. The number of hydrogen-bond acceptors (Lipinski definition) is 5. The summed E-state index contributed by atoms with van der Waals surface area (Å²) in [5, 5.41) is 16.0. The van der Waals surface area contributed by atoms with Gasteiger partial charge in [0.15, 0.2) is 0 Å². The third-order valence-electron chi connectivity index (χ3n) is 2.57. The van der Waals surface area contributed by atoms with Crippen molar-refractivity contribution in [2.24, 2.45) is 0 Å². The molecular weight excluding hydrogens is 248 g/mol. The van der Waals surface area contributed by atoms with Crippen LogP contribution >= 0.6 is 0 Å². The van der Waals surface area contributed by atoms with Crippen LogP contribution in [0.25, 0.3) is 0 Å². The summed E-state index contributed by atoms with van der Waals surface area (Å²) in [6.07, 6.45) is 1.17. The average molecular weight is 260 g/mol. The first-order valence-corrected chi connectivity index (χ1v) is 6.66. The highest BCUT2D eigenvalue weighted by molar-refractivity contribution is 7.89. The Bertz CT molecular complexity index is 523. The number of aromatic nitrogens is 3. The summed E-state index contributed by atoms with van der Waals surface area (Å²) in [5.41, 5.74) is 0. The highest BCUT2D eigenvalue weighted by Crippen LogP contribution is 2.14. The highest BCUT2D eigenvalue weighted by Gasteiger charge is 2.27. The fourth-order valence-electron chi connectivity index (χ4n) is 1.63. The van der Waals surface area contributed by atoms with Gasteiger partial charge in [-0.2, -0.15) is 4.31 Å². The van der Waals surface area contributed by atoms with E-state index in [-0.39, 0.29) is 18.7 Å². The van der Waals surface area contributed by atoms with Gasteiger partial charge in [-0.05, 0) is 0 Å². The fourth-order valence-corrected chi connectivity index (χ4v) is 2.99. The number of aliphatic carboxylic acids is 1. The molecule has 2 heterocycles. The molecular formula is C8H12N4O4S. The van der Waals surface area contributed by atoms with Crippen LogP contribution in [0.5, 0.6) is 0 Å². The van der Waals surface area contributed by atoms with Crippen LogP contribution in [0, 0.1) is 0 Å². The number of hydrogen-bond donors (Lipinski definition) is 1. The van der Waals surface area contributed by atoms with Crippen molar-refractivity contribution >= 4 is 16.0 Å². The first-order valence-electron chi connectivity index (χ1n) is 5.05. The summed E-state index contributed by atoms with van der Waals surface area (Å²) in [4.78, 5) is 10.4. The van der Waals surface area contributed by atoms with Gasteiger partial charge in [0, 0.05) is 13.1 Å². The van der Waals surface area contributed by atoms with Crippen molar-refractivity contribution in [1.29, 1.82) is 0 Å². The Hall–Kier alpha value is -1.48. The second-order valence-corrected chi connectivity index (χ2v) is 5.82. The summed E-state index contributed by atoms with van der Waals surface area (Å²) < 4.78 is 26.7. The van der Waals surface area contributed by atoms with Crippen LogP contribution in [0.4, 0.5) is 0 Å². The summed E-state index contributed by atoms with van der Waals surface area (Å²) in [5.74, 6) is -0.917. The topological polar surface area (TPSA) is 105 Å². The van der Waals surface area contributed by atoms with Crippen molar-refractivity contribution in [1.82, 2.24) is 19.1 Å². The Morgan fingerprint density at radius 2 is 2.24 bits per heavy atom. The van der Waals surface area contributed by atoms with Gasteiger partial charge in [0.2, 0.25) is 10.0 Å². The summed E-state index contributed by atoms with van der Waals surface area (Å²) >= 11 is 0. The lowest BCUT2D eigenvalue weighted by atomic mass is 10.4. The zero-order valence-electron chi connectivity index (χ0n) is 8.98. The largest absolute Gasteiger partial charge is 0.481 e. The van der Waals surface area contributed by atoms with Crippen molar-refractivity contribution in [3.8, 4) is 0 Å². The van der Waals surface area contributed by atoms with E-state index < -0.39 is 16.0 Å². The van der Waals surface area contributed by atoms with E-state index in [2.05, 4.69) is 10.2 Å². The van der Waals surface area contributed by atoms with Crippen LogP contribution in [-0.2, 0) is 27.9 Å². The number of carboxylic acids is 1. The Kier molecular flexibility index (Phi) is 3.11. The molecule has 1 aliphatic rings. The molecule has 0 atom stereocenters. The molecule has 1 N–H and O–H groups in total. The minimum Gasteiger partial charge on any atom is -0.481 e. The molecule has 8 nitrogen and oxygen atoms in total. The molecule has 94 valence electrons. The van der Waals surface area contributed by atoms with E-state index in [0.717, 1.165) is 0 Å². The van der Waals surface area contributed by atoms with Gasteiger partial charge in [0.1, 0.15) is 12.2 Å². The smallest absolute Gasteiger partial charge is 0.304 e. The van der Waals surface area contributed by atoms with E-state index in [4.69, 9.17) is 5.11 Å². The van der Waals surface area contributed by atoms with Crippen molar-refractivity contribution in [2.75, 3.05) is 12.3 Å². The van der Waals surface area contributed by atoms with E-state index in [1.54, 1.807) is 10.9 Å². The SMILES string of the molecule is O=C(O)CCS(=O)(=O)N1CCn2cnnc2C1. The molecule has 0 saturated heterocycles. The second-order valence-electron chi connectivity index (χ2n) is 3.73. The maximum Gasteiger partial charge on any atom is 0.304 e. The molecule has 1 aliphatic heterocycles. The standard InChI is InChI=1S/C8H12N4O4S/c13-8(14)1-4-17(15,16)12-3-2-11-6-9-10-7(11)5-12/h6H,1-5H2,(H,13,14). The van der Waals surface area contributed by atoms with Crippen LogP contribution in [0.1, 0.15) is 12.2 Å². The lowest BCUT2D eigenvalue weighted by molar-refractivity contribution is -0.136. The third-order valence-corrected chi connectivity index (χ3v) is 4.39. The van der Waals surface area contributed by atoms with Crippen molar-refractivity contribution in [3.05, 3.63) is 12.2 Å². The Morgan fingerprint density at radius 1 is 1.47 bits per heavy atom. The van der Waals surface area contributed by atoms with Crippen LogP contribution in [0.2, 0.25) is 0 Å². The van der Waals surface area contributed by atoms with Crippen molar-refractivity contribution < 1.29 is 18.3 Å². The molecule has 0 aromatic carbocycles. The zero-order valence-corrected chi connectivity index (χ0v) is 9.80. The number of sulfonamides is 1. The average Bonchev–Trinajstić information content (AvgIpc) is 2.73. The Morgan fingerprint density at radius 3 is 2.94 bits per heavy atom. The number of nitrogens with zero attached hydrogens (tertiary/aromatic N) is 4. The molecule has 9 heteroatoms. The molecule has 0 aliphatic carbocycles. The molecule has 2 rings (SSSR count). The van der Waals surface area contributed by atoms with E-state index in [1.165, 1.54) is 4.31 Å². The molecule has 1 aromatic heterocycles. The van der Waals surface area contributed by atoms with Crippen molar-refractivity contribution in [3.63, 3.8) is 0 Å². The molecule has 0 saturated carbocycles. The molecule has 0 unspecified atom stereocenters. The van der Waals surface area contributed by atoms with E-state index in [1.807, 2.05) is 0 Å². The van der Waals surface area contributed by atoms with Gasteiger partial charge >= 0.3 is 5.97 Å². The molecule has 17 heavy (non-hydrogen) atoms. The number of fused-ring (bicyclic) bond motifs is 1. The predicted molar refractivity (Wildman–Crippen MR) is 56.5 cm³/mol. The van der Waals surface area contributed by atoms with E-state index in [0.29, 0.717) is 18.9 Å². The molecule has 0 bridgehead atoms. The van der Waals surface area contributed by atoms with Gasteiger partial charge in [0.05, 0.1) is 18.7 Å². The van der Waals surface area contributed by atoms with Gasteiger partial charge < -0.3 is 9.67 Å². The molecule has 0 spiro atoms. The molecule has 1 aromatic rings. The zero-order chi connectivity index (χ0) is 12.5. The number of carboxylic acid groups (broad SMARTS) is 1. The van der Waals surface area contributed by atoms with E-state index in [9.17, 15) is 13.2 Å². The highest BCUT2D eigenvalue weighted by atomic mass is 32.2. The fraction of sp³-hybridized carbons (Fsp3) is 0.625. The van der Waals surface area contributed by atoms with Crippen LogP contribution in [-0.4, -0.2) is 50.9 Å². The normalized spacial score (nSPS) is 16.7. The maximum absolute atomic E-state index is 11.8. The van der Waals surface area contributed by atoms with Gasteiger partial charge in [-0.1, -0.05) is 0 Å². The summed E-state index contributed by atoms with van der Waals surface area (Å²) in [6, 6.07) is 0. The minimum absolute atomic E-state index is 0.155. The first-order chi connectivity index (χ1) is 7.99. The predicted octanol–water partition coefficient (Wildman–Crippen LogP) is -1.10. The third kappa shape index (κ3) is 2.61. The Labute approximate surface area is 97.9 Å². The molecule has 0 fully saturated rings. The lowest BCUT2D eigenvalue weighted by Crippen LogP contribution is -2.39. The summed E-state index contributed by atoms with van der Waals surface area (Å²) in [6.45, 7) is 0.976. The molecule has 0 radical (unpaired) electrons. The minimum atomic E-state index is -3.53. The second kappa shape index (κ2) is 4.41. The van der Waals surface area contributed by atoms with Crippen LogP contribution in [0.15, 0.2) is 6.33 Å². The number of carbonyl (C=O) groups is 1. The van der Waals surface area contributed by atoms with Gasteiger partial charge in [0.25, 0.3) is 0 Å².